The molecule has 2 aliphatic rings. The van der Waals surface area contributed by atoms with Gasteiger partial charge in [-0.2, -0.15) is 0 Å². The first kappa shape index (κ1) is 12.8. The van der Waals surface area contributed by atoms with Crippen LogP contribution in [-0.4, -0.2) is 16.0 Å². The fraction of sp³-hybridized carbons (Fsp3) is 0.733. The van der Waals surface area contributed by atoms with Gasteiger partial charge in [0.05, 0.1) is 5.69 Å². The molecule has 3 nitrogen and oxygen atoms in total. The van der Waals surface area contributed by atoms with E-state index < -0.39 is 0 Å². The maximum atomic E-state index is 14.1. The van der Waals surface area contributed by atoms with Crippen molar-refractivity contribution in [2.45, 2.75) is 52.0 Å². The Hall–Kier alpha value is -1.19. The lowest BCUT2D eigenvalue weighted by molar-refractivity contribution is 0.303. The first-order valence-electron chi connectivity index (χ1n) is 7.45. The van der Waals surface area contributed by atoms with Crippen molar-refractivity contribution in [1.82, 2.24) is 9.97 Å². The average molecular weight is 263 g/mol. The van der Waals surface area contributed by atoms with Gasteiger partial charge in [0.2, 0.25) is 0 Å². The van der Waals surface area contributed by atoms with E-state index in [1.165, 1.54) is 32.0 Å². The van der Waals surface area contributed by atoms with Crippen LogP contribution in [-0.2, 0) is 6.42 Å². The van der Waals surface area contributed by atoms with Crippen molar-refractivity contribution in [2.75, 3.05) is 5.32 Å². The molecule has 1 aromatic heterocycles. The summed E-state index contributed by atoms with van der Waals surface area (Å²) < 4.78 is 14.1. The lowest BCUT2D eigenvalue weighted by atomic mass is 9.84. The van der Waals surface area contributed by atoms with Gasteiger partial charge in [-0.3, -0.25) is 0 Å². The summed E-state index contributed by atoms with van der Waals surface area (Å²) in [6, 6.07) is 0.296. The van der Waals surface area contributed by atoms with E-state index in [4.69, 9.17) is 0 Å². The highest BCUT2D eigenvalue weighted by Gasteiger charge is 2.41. The van der Waals surface area contributed by atoms with E-state index in [1.54, 1.807) is 0 Å². The Kier molecular flexibility index (Phi) is 3.42. The zero-order chi connectivity index (χ0) is 13.4. The van der Waals surface area contributed by atoms with E-state index in [9.17, 15) is 4.39 Å². The maximum absolute atomic E-state index is 14.1. The van der Waals surface area contributed by atoms with Crippen LogP contribution in [0.3, 0.4) is 0 Å². The third-order valence-corrected chi connectivity index (χ3v) is 5.00. The van der Waals surface area contributed by atoms with Crippen molar-refractivity contribution < 1.29 is 4.39 Å². The molecule has 3 rings (SSSR count). The summed E-state index contributed by atoms with van der Waals surface area (Å²) in [5.41, 5.74) is 0.498. The third-order valence-electron chi connectivity index (χ3n) is 5.00. The van der Waals surface area contributed by atoms with E-state index in [0.29, 0.717) is 29.9 Å². The van der Waals surface area contributed by atoms with Gasteiger partial charge in [-0.25, -0.2) is 14.4 Å². The van der Waals surface area contributed by atoms with E-state index in [0.717, 1.165) is 11.8 Å². The van der Waals surface area contributed by atoms with Gasteiger partial charge in [0.1, 0.15) is 6.33 Å². The van der Waals surface area contributed by atoms with Crippen LogP contribution in [0.15, 0.2) is 6.33 Å². The number of nitrogens with zero attached hydrogens (tertiary/aromatic N) is 2. The Labute approximate surface area is 114 Å². The molecular weight excluding hydrogens is 241 g/mol. The molecule has 0 spiro atoms. The van der Waals surface area contributed by atoms with Crippen LogP contribution in [0, 0.1) is 23.6 Å². The quantitative estimate of drug-likeness (QED) is 0.904. The van der Waals surface area contributed by atoms with Gasteiger partial charge in [-0.05, 0) is 50.4 Å². The first-order valence-corrected chi connectivity index (χ1v) is 7.45. The molecule has 1 heterocycles. The Morgan fingerprint density at radius 1 is 1.37 bits per heavy atom. The number of hydrogen-bond acceptors (Lipinski definition) is 3. The third kappa shape index (κ3) is 2.33. The summed E-state index contributed by atoms with van der Waals surface area (Å²) in [6.45, 7) is 4.08. The monoisotopic (exact) mass is 263 g/mol. The summed E-state index contributed by atoms with van der Waals surface area (Å²) >= 11 is 0. The van der Waals surface area contributed by atoms with Crippen molar-refractivity contribution in [3.63, 3.8) is 0 Å². The van der Waals surface area contributed by atoms with Crippen LogP contribution in [0.4, 0.5) is 10.2 Å². The van der Waals surface area contributed by atoms with Crippen molar-refractivity contribution in [3.8, 4) is 0 Å². The van der Waals surface area contributed by atoms with Crippen LogP contribution in [0.25, 0.3) is 0 Å². The molecular formula is C15H22FN3. The highest BCUT2D eigenvalue weighted by Crippen LogP contribution is 2.49. The Balaban J connectivity index is 1.71. The number of halogens is 1. The minimum absolute atomic E-state index is 0.278. The van der Waals surface area contributed by atoms with Gasteiger partial charge in [-0.1, -0.05) is 13.3 Å². The fourth-order valence-corrected chi connectivity index (χ4v) is 3.98. The second kappa shape index (κ2) is 5.06. The molecule has 1 aromatic rings. The molecule has 2 saturated carbocycles. The van der Waals surface area contributed by atoms with Crippen LogP contribution in [0.1, 0.15) is 45.2 Å². The van der Waals surface area contributed by atoms with E-state index in [1.807, 2.05) is 6.92 Å². The van der Waals surface area contributed by atoms with E-state index >= 15 is 0 Å². The summed E-state index contributed by atoms with van der Waals surface area (Å²) in [6.07, 6.45) is 7.49. The Bertz CT molecular complexity index is 463. The largest absolute Gasteiger partial charge is 0.365 e. The molecule has 0 radical (unpaired) electrons. The molecule has 0 amide bonds. The Morgan fingerprint density at radius 2 is 2.21 bits per heavy atom. The zero-order valence-electron chi connectivity index (χ0n) is 11.7. The molecule has 2 bridgehead atoms. The summed E-state index contributed by atoms with van der Waals surface area (Å²) in [5, 5.41) is 3.29. The number of aromatic nitrogens is 2. The SMILES string of the molecule is CCc1ncnc(NC(C)C2CC3CCC2C3)c1F. The van der Waals surface area contributed by atoms with E-state index in [2.05, 4.69) is 22.2 Å². The van der Waals surface area contributed by atoms with Gasteiger partial charge >= 0.3 is 0 Å². The number of hydrogen-bond donors (Lipinski definition) is 1. The molecule has 19 heavy (non-hydrogen) atoms. The molecule has 0 aromatic carbocycles. The predicted molar refractivity (Wildman–Crippen MR) is 73.4 cm³/mol. The van der Waals surface area contributed by atoms with Crippen LogP contribution in [0.5, 0.6) is 0 Å². The van der Waals surface area contributed by atoms with Gasteiger partial charge < -0.3 is 5.32 Å². The molecule has 0 saturated heterocycles. The van der Waals surface area contributed by atoms with Gasteiger partial charge in [0, 0.05) is 6.04 Å². The Morgan fingerprint density at radius 3 is 2.84 bits per heavy atom. The predicted octanol–water partition coefficient (Wildman–Crippen LogP) is 3.41. The van der Waals surface area contributed by atoms with Crippen molar-refractivity contribution in [3.05, 3.63) is 17.8 Å². The molecule has 4 unspecified atom stereocenters. The van der Waals surface area contributed by atoms with Crippen molar-refractivity contribution in [2.24, 2.45) is 17.8 Å². The smallest absolute Gasteiger partial charge is 0.186 e. The number of nitrogens with one attached hydrogen (secondary N) is 1. The zero-order valence-corrected chi connectivity index (χ0v) is 11.7. The minimum Gasteiger partial charge on any atom is -0.365 e. The first-order chi connectivity index (χ1) is 9.19. The lowest BCUT2D eigenvalue weighted by Gasteiger charge is -2.29. The van der Waals surface area contributed by atoms with E-state index in [-0.39, 0.29) is 5.82 Å². The number of rotatable bonds is 4. The maximum Gasteiger partial charge on any atom is 0.186 e. The minimum atomic E-state index is -0.278. The lowest BCUT2D eigenvalue weighted by Crippen LogP contribution is -2.30. The number of aryl methyl sites for hydroxylation is 1. The van der Waals surface area contributed by atoms with Crippen LogP contribution in [0.2, 0.25) is 0 Å². The fourth-order valence-electron chi connectivity index (χ4n) is 3.98. The van der Waals surface area contributed by atoms with Crippen molar-refractivity contribution >= 4 is 5.82 Å². The molecule has 2 aliphatic carbocycles. The summed E-state index contributed by atoms with van der Waals surface area (Å²) in [7, 11) is 0. The summed E-state index contributed by atoms with van der Waals surface area (Å²) in [4.78, 5) is 8.04. The average Bonchev–Trinajstić information content (AvgIpc) is 3.03. The highest BCUT2D eigenvalue weighted by molar-refractivity contribution is 5.38. The van der Waals surface area contributed by atoms with Gasteiger partial charge in [0.15, 0.2) is 11.6 Å². The molecule has 104 valence electrons. The van der Waals surface area contributed by atoms with Crippen molar-refractivity contribution in [1.29, 1.82) is 0 Å². The summed E-state index contributed by atoms with van der Waals surface area (Å²) in [5.74, 6) is 2.53. The molecule has 1 N–H and O–H groups in total. The normalized spacial score (nSPS) is 30.6. The van der Waals surface area contributed by atoms with Crippen LogP contribution < -0.4 is 5.32 Å². The number of anilines is 1. The standard InChI is InChI=1S/C15H22FN3/c1-3-13-14(16)15(18-8-17-13)19-9(2)12-7-10-4-5-11(12)6-10/h8-12H,3-7H2,1-2H3,(H,17,18,19). The molecule has 2 fully saturated rings. The molecule has 0 aliphatic heterocycles. The number of fused-ring (bicyclic) bond motifs is 2. The van der Waals surface area contributed by atoms with Gasteiger partial charge in [0.25, 0.3) is 0 Å². The second-order valence-corrected chi connectivity index (χ2v) is 6.11. The second-order valence-electron chi connectivity index (χ2n) is 6.11. The topological polar surface area (TPSA) is 37.8 Å². The molecule has 4 heteroatoms. The highest BCUT2D eigenvalue weighted by atomic mass is 19.1. The van der Waals surface area contributed by atoms with Crippen LogP contribution >= 0.6 is 0 Å². The molecule has 4 atom stereocenters. The van der Waals surface area contributed by atoms with Gasteiger partial charge in [-0.15, -0.1) is 0 Å².